The second-order valence-electron chi connectivity index (χ2n) is 4.95. The molecule has 1 aromatic carbocycles. The van der Waals surface area contributed by atoms with E-state index in [-0.39, 0.29) is 17.7 Å². The number of carboxylic acid groups (broad SMARTS) is 1. The van der Waals surface area contributed by atoms with Gasteiger partial charge in [-0.15, -0.1) is 0 Å². The van der Waals surface area contributed by atoms with E-state index in [2.05, 4.69) is 10.1 Å². The van der Waals surface area contributed by atoms with Crippen LogP contribution in [0.1, 0.15) is 25.7 Å². The maximum absolute atomic E-state index is 12.0. The molecule has 6 heteroatoms. The van der Waals surface area contributed by atoms with Gasteiger partial charge in [0.05, 0.1) is 5.92 Å². The number of nitrogens with one attached hydrogen (secondary N) is 1. The molecule has 1 aromatic rings. The average molecular weight is 285 g/mol. The number of ether oxygens (including phenoxy) is 1. The molecule has 110 valence electrons. The van der Waals surface area contributed by atoms with Crippen molar-refractivity contribution in [3.63, 3.8) is 0 Å². The van der Waals surface area contributed by atoms with E-state index in [1.165, 1.54) is 12.1 Å². The van der Waals surface area contributed by atoms with Gasteiger partial charge >= 0.3 is 12.6 Å². The molecular weight excluding hydrogens is 268 g/mol. The number of benzene rings is 1. The minimum atomic E-state index is -2.83. The number of aliphatic carboxylic acids is 1. The quantitative estimate of drug-likeness (QED) is 0.871. The average Bonchev–Trinajstić information content (AvgIpc) is 2.41. The number of carbonyl (C=O) groups is 1. The molecule has 0 spiro atoms. The Kier molecular flexibility index (Phi) is 4.76. The van der Waals surface area contributed by atoms with Crippen LogP contribution in [-0.2, 0) is 4.79 Å². The maximum Gasteiger partial charge on any atom is 0.387 e. The van der Waals surface area contributed by atoms with Crippen molar-refractivity contribution in [2.24, 2.45) is 5.92 Å². The van der Waals surface area contributed by atoms with E-state index in [0.717, 1.165) is 18.5 Å². The molecule has 2 N–H and O–H groups in total. The molecule has 0 saturated heterocycles. The Labute approximate surface area is 115 Å². The lowest BCUT2D eigenvalue weighted by Crippen LogP contribution is -2.30. The van der Waals surface area contributed by atoms with Gasteiger partial charge in [-0.25, -0.2) is 0 Å². The second kappa shape index (κ2) is 6.54. The molecule has 4 nitrogen and oxygen atoms in total. The van der Waals surface area contributed by atoms with Gasteiger partial charge in [-0.2, -0.15) is 8.78 Å². The lowest BCUT2D eigenvalue weighted by molar-refractivity contribution is -0.142. The van der Waals surface area contributed by atoms with E-state index >= 15 is 0 Å². The van der Waals surface area contributed by atoms with E-state index < -0.39 is 12.6 Å². The van der Waals surface area contributed by atoms with Crippen molar-refractivity contribution in [1.82, 2.24) is 0 Å². The van der Waals surface area contributed by atoms with Crippen LogP contribution in [-0.4, -0.2) is 23.7 Å². The van der Waals surface area contributed by atoms with Crippen LogP contribution in [0.2, 0.25) is 0 Å². The van der Waals surface area contributed by atoms with Gasteiger partial charge in [0.15, 0.2) is 0 Å². The van der Waals surface area contributed by atoms with Crippen molar-refractivity contribution in [3.05, 3.63) is 24.3 Å². The highest BCUT2D eigenvalue weighted by atomic mass is 19.3. The van der Waals surface area contributed by atoms with Crippen molar-refractivity contribution in [2.75, 3.05) is 5.32 Å². The van der Waals surface area contributed by atoms with Crippen LogP contribution in [0, 0.1) is 5.92 Å². The molecule has 0 amide bonds. The number of alkyl halides is 2. The fourth-order valence-electron chi connectivity index (χ4n) is 2.51. The third kappa shape index (κ3) is 4.08. The van der Waals surface area contributed by atoms with Crippen LogP contribution in [0.25, 0.3) is 0 Å². The van der Waals surface area contributed by atoms with Crippen molar-refractivity contribution in [1.29, 1.82) is 0 Å². The number of halogens is 2. The largest absolute Gasteiger partial charge is 0.481 e. The molecule has 1 aliphatic carbocycles. The van der Waals surface area contributed by atoms with E-state index in [4.69, 9.17) is 5.11 Å². The first-order valence-corrected chi connectivity index (χ1v) is 6.59. The first-order valence-electron chi connectivity index (χ1n) is 6.59. The predicted molar refractivity (Wildman–Crippen MR) is 70.1 cm³/mol. The second-order valence-corrected chi connectivity index (χ2v) is 4.95. The summed E-state index contributed by atoms with van der Waals surface area (Å²) in [5.74, 6) is -0.947. The smallest absolute Gasteiger partial charge is 0.387 e. The maximum atomic E-state index is 12.0. The summed E-state index contributed by atoms with van der Waals surface area (Å²) in [5.41, 5.74) is 0.780. The highest BCUT2D eigenvalue weighted by Crippen LogP contribution is 2.27. The lowest BCUT2D eigenvalue weighted by atomic mass is 9.85. The Morgan fingerprint density at radius 3 is 2.60 bits per heavy atom. The van der Waals surface area contributed by atoms with Gasteiger partial charge in [0, 0.05) is 11.7 Å². The van der Waals surface area contributed by atoms with Crippen molar-refractivity contribution >= 4 is 11.7 Å². The first-order chi connectivity index (χ1) is 9.54. The summed E-state index contributed by atoms with van der Waals surface area (Å²) >= 11 is 0. The zero-order valence-corrected chi connectivity index (χ0v) is 10.9. The SMILES string of the molecule is O=C(O)C1CCCC(Nc2ccc(OC(F)F)cc2)C1. The normalized spacial score (nSPS) is 22.6. The van der Waals surface area contributed by atoms with Crippen molar-refractivity contribution in [2.45, 2.75) is 38.3 Å². The molecule has 1 aliphatic rings. The number of carboxylic acids is 1. The zero-order chi connectivity index (χ0) is 14.5. The van der Waals surface area contributed by atoms with Crippen LogP contribution in [0.15, 0.2) is 24.3 Å². The number of hydrogen-bond acceptors (Lipinski definition) is 3. The van der Waals surface area contributed by atoms with E-state index in [1.54, 1.807) is 12.1 Å². The molecule has 2 rings (SSSR count). The lowest BCUT2D eigenvalue weighted by Gasteiger charge is -2.28. The summed E-state index contributed by atoms with van der Waals surface area (Å²) in [4.78, 5) is 11.0. The van der Waals surface area contributed by atoms with Gasteiger partial charge in [-0.3, -0.25) is 4.79 Å². The third-order valence-electron chi connectivity index (χ3n) is 3.47. The van der Waals surface area contributed by atoms with E-state index in [0.29, 0.717) is 12.8 Å². The number of rotatable bonds is 5. The Hall–Kier alpha value is -1.85. The molecule has 0 aromatic heterocycles. The molecular formula is C14H17F2NO3. The minimum absolute atomic E-state index is 0.103. The molecule has 0 bridgehead atoms. The Morgan fingerprint density at radius 1 is 1.30 bits per heavy atom. The van der Waals surface area contributed by atoms with E-state index in [1.807, 2.05) is 0 Å². The van der Waals surface area contributed by atoms with Gasteiger partial charge < -0.3 is 15.2 Å². The summed E-state index contributed by atoms with van der Waals surface area (Å²) in [7, 11) is 0. The van der Waals surface area contributed by atoms with Crippen molar-refractivity contribution in [3.8, 4) is 5.75 Å². The predicted octanol–water partition coefficient (Wildman–Crippen LogP) is 3.34. The number of anilines is 1. The summed E-state index contributed by atoms with van der Waals surface area (Å²) < 4.78 is 28.3. The molecule has 0 heterocycles. The van der Waals surface area contributed by atoms with Crippen LogP contribution >= 0.6 is 0 Å². The van der Waals surface area contributed by atoms with Crippen molar-refractivity contribution < 1.29 is 23.4 Å². The van der Waals surface area contributed by atoms with Crippen LogP contribution in [0.3, 0.4) is 0 Å². The molecule has 1 fully saturated rings. The topological polar surface area (TPSA) is 58.6 Å². The summed E-state index contributed by atoms with van der Waals surface area (Å²) in [5, 5.41) is 12.3. The highest BCUT2D eigenvalue weighted by Gasteiger charge is 2.26. The Bertz CT molecular complexity index is 450. The van der Waals surface area contributed by atoms with Gasteiger partial charge in [0.25, 0.3) is 0 Å². The zero-order valence-electron chi connectivity index (χ0n) is 10.9. The number of hydrogen-bond donors (Lipinski definition) is 2. The minimum Gasteiger partial charge on any atom is -0.481 e. The summed E-state index contributed by atoms with van der Waals surface area (Å²) in [6.45, 7) is -2.83. The fourth-order valence-corrected chi connectivity index (χ4v) is 2.51. The first kappa shape index (κ1) is 14.6. The standard InChI is InChI=1S/C14H17F2NO3/c15-14(16)20-12-6-4-10(5-7-12)17-11-3-1-2-9(8-11)13(18)19/h4-7,9,11,14,17H,1-3,8H2,(H,18,19). The molecule has 1 saturated carbocycles. The monoisotopic (exact) mass is 285 g/mol. The molecule has 0 aliphatic heterocycles. The van der Waals surface area contributed by atoms with Crippen LogP contribution < -0.4 is 10.1 Å². The van der Waals surface area contributed by atoms with E-state index in [9.17, 15) is 13.6 Å². The Morgan fingerprint density at radius 2 is 2.00 bits per heavy atom. The molecule has 2 unspecified atom stereocenters. The summed E-state index contributed by atoms with van der Waals surface area (Å²) in [6.07, 6.45) is 3.10. The fraction of sp³-hybridized carbons (Fsp3) is 0.500. The Balaban J connectivity index is 1.91. The molecule has 20 heavy (non-hydrogen) atoms. The summed E-state index contributed by atoms with van der Waals surface area (Å²) in [6, 6.07) is 6.34. The van der Waals surface area contributed by atoms with Gasteiger partial charge in [0.1, 0.15) is 5.75 Å². The highest BCUT2D eigenvalue weighted by molar-refractivity contribution is 5.70. The van der Waals surface area contributed by atoms with Gasteiger partial charge in [-0.05, 0) is 43.5 Å². The van der Waals surface area contributed by atoms with Crippen LogP contribution in [0.4, 0.5) is 14.5 Å². The van der Waals surface area contributed by atoms with Gasteiger partial charge in [0.2, 0.25) is 0 Å². The van der Waals surface area contributed by atoms with Crippen LogP contribution in [0.5, 0.6) is 5.75 Å². The van der Waals surface area contributed by atoms with Gasteiger partial charge in [-0.1, -0.05) is 6.42 Å². The molecule has 2 atom stereocenters. The third-order valence-corrected chi connectivity index (χ3v) is 3.47. The molecule has 0 radical (unpaired) electrons.